The molecule has 3 heteroatoms. The molecule has 78 valence electrons. The van der Waals surface area contributed by atoms with E-state index in [1.807, 2.05) is 45.2 Å². The molecular formula is C11H17ClN2. The predicted molar refractivity (Wildman–Crippen MR) is 61.5 cm³/mol. The Labute approximate surface area is 90.4 Å². The van der Waals surface area contributed by atoms with Crippen LogP contribution in [0.4, 0.5) is 0 Å². The summed E-state index contributed by atoms with van der Waals surface area (Å²) in [5.74, 6) is 0. The predicted octanol–water partition coefficient (Wildman–Crippen LogP) is 2.34. The standard InChI is InChI=1S/C11H17ClN2/c1-11(2,13)10(14-3)8-4-6-9(12)7-5-8/h4-7,10,14H,13H2,1-3H3. The van der Waals surface area contributed by atoms with Crippen molar-refractivity contribution in [1.29, 1.82) is 0 Å². The number of nitrogens with one attached hydrogen (secondary N) is 1. The first-order valence-electron chi connectivity index (χ1n) is 4.67. The van der Waals surface area contributed by atoms with Crippen LogP contribution in [0.1, 0.15) is 25.5 Å². The minimum atomic E-state index is -0.289. The summed E-state index contributed by atoms with van der Waals surface area (Å²) in [4.78, 5) is 0. The van der Waals surface area contributed by atoms with E-state index in [1.54, 1.807) is 0 Å². The van der Waals surface area contributed by atoms with Crippen LogP contribution < -0.4 is 11.1 Å². The molecule has 1 aromatic rings. The van der Waals surface area contributed by atoms with Crippen molar-refractivity contribution in [3.8, 4) is 0 Å². The largest absolute Gasteiger partial charge is 0.324 e. The molecule has 2 nitrogen and oxygen atoms in total. The molecule has 1 aromatic carbocycles. The van der Waals surface area contributed by atoms with Crippen LogP contribution in [0.25, 0.3) is 0 Å². The van der Waals surface area contributed by atoms with Gasteiger partial charge in [-0.25, -0.2) is 0 Å². The van der Waals surface area contributed by atoms with Gasteiger partial charge in [-0.3, -0.25) is 0 Å². The third-order valence-corrected chi connectivity index (χ3v) is 2.49. The second kappa shape index (κ2) is 4.30. The average molecular weight is 213 g/mol. The molecule has 1 atom stereocenters. The minimum Gasteiger partial charge on any atom is -0.324 e. The van der Waals surface area contributed by atoms with Gasteiger partial charge in [0.05, 0.1) is 0 Å². The monoisotopic (exact) mass is 212 g/mol. The summed E-state index contributed by atoms with van der Waals surface area (Å²) >= 11 is 5.82. The molecule has 0 aliphatic rings. The third-order valence-electron chi connectivity index (χ3n) is 2.24. The van der Waals surface area contributed by atoms with E-state index in [0.717, 1.165) is 10.6 Å². The van der Waals surface area contributed by atoms with E-state index in [2.05, 4.69) is 5.32 Å². The van der Waals surface area contributed by atoms with Crippen LogP contribution in [0.15, 0.2) is 24.3 Å². The van der Waals surface area contributed by atoms with Gasteiger partial charge in [0.15, 0.2) is 0 Å². The van der Waals surface area contributed by atoms with E-state index >= 15 is 0 Å². The zero-order valence-corrected chi connectivity index (χ0v) is 9.60. The molecule has 0 saturated heterocycles. The first kappa shape index (κ1) is 11.5. The number of rotatable bonds is 3. The average Bonchev–Trinajstić information content (AvgIpc) is 2.07. The normalized spacial score (nSPS) is 14.1. The highest BCUT2D eigenvalue weighted by Crippen LogP contribution is 2.24. The minimum absolute atomic E-state index is 0.139. The first-order valence-corrected chi connectivity index (χ1v) is 5.04. The number of hydrogen-bond donors (Lipinski definition) is 2. The smallest absolute Gasteiger partial charge is 0.0495 e. The van der Waals surface area contributed by atoms with Gasteiger partial charge in [-0.1, -0.05) is 23.7 Å². The topological polar surface area (TPSA) is 38.0 Å². The summed E-state index contributed by atoms with van der Waals surface area (Å²) in [6.07, 6.45) is 0. The number of likely N-dealkylation sites (N-methyl/N-ethyl adjacent to an activating group) is 1. The molecule has 3 N–H and O–H groups in total. The molecule has 1 rings (SSSR count). The van der Waals surface area contributed by atoms with E-state index < -0.39 is 0 Å². The number of nitrogens with two attached hydrogens (primary N) is 1. The zero-order chi connectivity index (χ0) is 10.8. The molecule has 0 amide bonds. The Bertz CT molecular complexity index is 287. The molecule has 0 bridgehead atoms. The molecule has 0 saturated carbocycles. The van der Waals surface area contributed by atoms with Crippen LogP contribution in [-0.4, -0.2) is 12.6 Å². The van der Waals surface area contributed by atoms with Crippen LogP contribution in [-0.2, 0) is 0 Å². The molecule has 0 aromatic heterocycles. The molecule has 1 unspecified atom stereocenters. The van der Waals surface area contributed by atoms with E-state index in [9.17, 15) is 0 Å². The van der Waals surface area contributed by atoms with Gasteiger partial charge in [0.25, 0.3) is 0 Å². The Morgan fingerprint density at radius 3 is 2.14 bits per heavy atom. The third kappa shape index (κ3) is 2.71. The van der Waals surface area contributed by atoms with E-state index in [1.165, 1.54) is 0 Å². The van der Waals surface area contributed by atoms with Crippen molar-refractivity contribution in [1.82, 2.24) is 5.32 Å². The summed E-state index contributed by atoms with van der Waals surface area (Å²) in [5.41, 5.74) is 6.93. The van der Waals surface area contributed by atoms with Crippen molar-refractivity contribution in [2.45, 2.75) is 25.4 Å². The van der Waals surface area contributed by atoms with Gasteiger partial charge in [0.2, 0.25) is 0 Å². The van der Waals surface area contributed by atoms with Crippen molar-refractivity contribution in [3.05, 3.63) is 34.9 Å². The highest BCUT2D eigenvalue weighted by atomic mass is 35.5. The number of halogens is 1. The van der Waals surface area contributed by atoms with Crippen LogP contribution in [0.2, 0.25) is 5.02 Å². The van der Waals surface area contributed by atoms with E-state index in [4.69, 9.17) is 17.3 Å². The summed E-state index contributed by atoms with van der Waals surface area (Å²) in [7, 11) is 1.91. The van der Waals surface area contributed by atoms with Gasteiger partial charge in [0.1, 0.15) is 0 Å². The molecule has 0 fully saturated rings. The van der Waals surface area contributed by atoms with Crippen LogP contribution in [0, 0.1) is 0 Å². The quantitative estimate of drug-likeness (QED) is 0.807. The molecule has 0 radical (unpaired) electrons. The number of hydrogen-bond acceptors (Lipinski definition) is 2. The number of benzene rings is 1. The Hall–Kier alpha value is -0.570. The SMILES string of the molecule is CNC(c1ccc(Cl)cc1)C(C)(C)N. The molecule has 0 aliphatic carbocycles. The van der Waals surface area contributed by atoms with Crippen molar-refractivity contribution >= 4 is 11.6 Å². The second-order valence-corrected chi connectivity index (χ2v) is 4.53. The highest BCUT2D eigenvalue weighted by molar-refractivity contribution is 6.30. The summed E-state index contributed by atoms with van der Waals surface area (Å²) in [6.45, 7) is 4.01. The van der Waals surface area contributed by atoms with E-state index in [-0.39, 0.29) is 11.6 Å². The van der Waals surface area contributed by atoms with Gasteiger partial charge >= 0.3 is 0 Å². The molecule has 0 spiro atoms. The highest BCUT2D eigenvalue weighted by Gasteiger charge is 2.24. The van der Waals surface area contributed by atoms with Crippen molar-refractivity contribution in [2.75, 3.05) is 7.05 Å². The fraction of sp³-hybridized carbons (Fsp3) is 0.455. The summed E-state index contributed by atoms with van der Waals surface area (Å²) in [5, 5.41) is 3.96. The first-order chi connectivity index (χ1) is 6.45. The van der Waals surface area contributed by atoms with Crippen LogP contribution >= 0.6 is 11.6 Å². The van der Waals surface area contributed by atoms with Crippen molar-refractivity contribution in [2.24, 2.45) is 5.73 Å². The van der Waals surface area contributed by atoms with E-state index in [0.29, 0.717) is 0 Å². The maximum atomic E-state index is 6.06. The Balaban J connectivity index is 2.96. The van der Waals surface area contributed by atoms with Gasteiger partial charge < -0.3 is 11.1 Å². The molecule has 14 heavy (non-hydrogen) atoms. The molecular weight excluding hydrogens is 196 g/mol. The molecule has 0 heterocycles. The summed E-state index contributed by atoms with van der Waals surface area (Å²) in [6, 6.07) is 7.90. The lowest BCUT2D eigenvalue weighted by atomic mass is 9.90. The fourth-order valence-electron chi connectivity index (χ4n) is 1.62. The summed E-state index contributed by atoms with van der Waals surface area (Å²) < 4.78 is 0. The lowest BCUT2D eigenvalue weighted by Gasteiger charge is -2.30. The van der Waals surface area contributed by atoms with Gasteiger partial charge in [-0.05, 0) is 38.6 Å². The Morgan fingerprint density at radius 1 is 1.29 bits per heavy atom. The maximum Gasteiger partial charge on any atom is 0.0495 e. The fourth-order valence-corrected chi connectivity index (χ4v) is 1.75. The van der Waals surface area contributed by atoms with Gasteiger partial charge in [-0.2, -0.15) is 0 Å². The van der Waals surface area contributed by atoms with Gasteiger partial charge in [-0.15, -0.1) is 0 Å². The Kier molecular flexibility index (Phi) is 3.53. The lowest BCUT2D eigenvalue weighted by molar-refractivity contribution is 0.370. The second-order valence-electron chi connectivity index (χ2n) is 4.09. The van der Waals surface area contributed by atoms with Crippen molar-refractivity contribution < 1.29 is 0 Å². The van der Waals surface area contributed by atoms with Crippen LogP contribution in [0.3, 0.4) is 0 Å². The maximum absolute atomic E-state index is 6.06. The lowest BCUT2D eigenvalue weighted by Crippen LogP contribution is -2.45. The molecule has 0 aliphatic heterocycles. The zero-order valence-electron chi connectivity index (χ0n) is 8.84. The van der Waals surface area contributed by atoms with Gasteiger partial charge in [0, 0.05) is 16.6 Å². The van der Waals surface area contributed by atoms with Crippen LogP contribution in [0.5, 0.6) is 0 Å². The van der Waals surface area contributed by atoms with Crippen molar-refractivity contribution in [3.63, 3.8) is 0 Å². The Morgan fingerprint density at radius 2 is 1.79 bits per heavy atom.